The third kappa shape index (κ3) is 3.86. The van der Waals surface area contributed by atoms with E-state index < -0.39 is 0 Å². The number of hydrogen-bond acceptors (Lipinski definition) is 3. The van der Waals surface area contributed by atoms with Crippen LogP contribution in [0.1, 0.15) is 68.4 Å². The molecule has 0 saturated heterocycles. The molecule has 24 heavy (non-hydrogen) atoms. The van der Waals surface area contributed by atoms with Crippen LogP contribution in [-0.2, 0) is 11.3 Å². The molecule has 128 valence electrons. The van der Waals surface area contributed by atoms with Crippen molar-refractivity contribution in [1.82, 2.24) is 10.5 Å². The molecule has 1 amide bonds. The summed E-state index contributed by atoms with van der Waals surface area (Å²) in [7, 11) is 0. The van der Waals surface area contributed by atoms with Crippen LogP contribution in [-0.4, -0.2) is 11.1 Å². The van der Waals surface area contributed by atoms with E-state index in [1.54, 1.807) is 0 Å². The van der Waals surface area contributed by atoms with Crippen LogP contribution < -0.4 is 5.32 Å². The van der Waals surface area contributed by atoms with Crippen molar-refractivity contribution in [2.75, 3.05) is 0 Å². The number of carbonyl (C=O) groups is 1. The van der Waals surface area contributed by atoms with E-state index in [0.29, 0.717) is 18.4 Å². The second kappa shape index (κ2) is 7.65. The molecule has 1 heterocycles. The fourth-order valence-corrected chi connectivity index (χ4v) is 3.32. The molecule has 1 unspecified atom stereocenters. The number of nitrogens with one attached hydrogen (secondary N) is 1. The van der Waals surface area contributed by atoms with Crippen LogP contribution in [0.15, 0.2) is 40.9 Å². The minimum absolute atomic E-state index is 0.0485. The Balaban J connectivity index is 1.62. The smallest absolute Gasteiger partial charge is 0.228 e. The highest BCUT2D eigenvalue weighted by Gasteiger charge is 2.37. The maximum atomic E-state index is 12.7. The second-order valence-electron chi connectivity index (χ2n) is 6.68. The van der Waals surface area contributed by atoms with Crippen molar-refractivity contribution < 1.29 is 9.32 Å². The van der Waals surface area contributed by atoms with Crippen molar-refractivity contribution in [2.45, 2.75) is 57.9 Å². The van der Waals surface area contributed by atoms with E-state index in [1.165, 1.54) is 0 Å². The second-order valence-corrected chi connectivity index (χ2v) is 6.68. The van der Waals surface area contributed by atoms with Gasteiger partial charge in [-0.3, -0.25) is 4.79 Å². The Kier molecular flexibility index (Phi) is 5.34. The zero-order valence-electron chi connectivity index (χ0n) is 14.5. The van der Waals surface area contributed by atoms with E-state index in [9.17, 15) is 4.79 Å². The van der Waals surface area contributed by atoms with Gasteiger partial charge >= 0.3 is 0 Å². The third-order valence-electron chi connectivity index (χ3n) is 4.95. The van der Waals surface area contributed by atoms with Crippen molar-refractivity contribution in [3.8, 4) is 0 Å². The summed E-state index contributed by atoms with van der Waals surface area (Å²) in [5, 5.41) is 7.19. The Morgan fingerprint density at radius 2 is 1.96 bits per heavy atom. The van der Waals surface area contributed by atoms with Crippen LogP contribution in [0.3, 0.4) is 0 Å². The molecule has 4 nitrogen and oxygen atoms in total. The van der Waals surface area contributed by atoms with E-state index in [2.05, 4.69) is 24.3 Å². The lowest BCUT2D eigenvalue weighted by atomic mass is 9.93. The van der Waals surface area contributed by atoms with Gasteiger partial charge in [-0.2, -0.15) is 0 Å². The topological polar surface area (TPSA) is 55.1 Å². The van der Waals surface area contributed by atoms with Gasteiger partial charge in [0, 0.05) is 12.0 Å². The van der Waals surface area contributed by atoms with Gasteiger partial charge in [-0.1, -0.05) is 49.3 Å². The number of hydrogen-bond donors (Lipinski definition) is 1. The zero-order valence-corrected chi connectivity index (χ0v) is 14.5. The Bertz CT molecular complexity index is 657. The Labute approximate surface area is 143 Å². The Morgan fingerprint density at radius 3 is 2.58 bits per heavy atom. The van der Waals surface area contributed by atoms with Crippen LogP contribution >= 0.6 is 0 Å². The van der Waals surface area contributed by atoms with Gasteiger partial charge in [0.15, 0.2) is 5.76 Å². The van der Waals surface area contributed by atoms with E-state index in [1.807, 2.05) is 36.4 Å². The third-order valence-corrected chi connectivity index (χ3v) is 4.95. The summed E-state index contributed by atoms with van der Waals surface area (Å²) in [6.45, 7) is 4.72. The predicted molar refractivity (Wildman–Crippen MR) is 93.6 cm³/mol. The number of amides is 1. The highest BCUT2D eigenvalue weighted by molar-refractivity contribution is 5.84. The minimum atomic E-state index is -0.0485. The van der Waals surface area contributed by atoms with Crippen molar-refractivity contribution in [2.24, 2.45) is 5.92 Å². The summed E-state index contributed by atoms with van der Waals surface area (Å²) < 4.78 is 5.40. The van der Waals surface area contributed by atoms with Crippen molar-refractivity contribution >= 4 is 5.91 Å². The average Bonchev–Trinajstić information content (AvgIpc) is 3.33. The van der Waals surface area contributed by atoms with Gasteiger partial charge in [0.1, 0.15) is 0 Å². The number of rotatable bonds is 8. The van der Waals surface area contributed by atoms with Crippen molar-refractivity contribution in [3.05, 3.63) is 53.4 Å². The van der Waals surface area contributed by atoms with E-state index >= 15 is 0 Å². The minimum Gasteiger partial charge on any atom is -0.359 e. The standard InChI is InChI=1S/C20H26N2O2/c1-3-14(4-2)18-12-17(24-22-18)13-21-20(23)19(16-10-11-16)15-8-6-5-7-9-15/h5-9,12,14,16,19H,3-4,10-11,13H2,1-2H3,(H,21,23). The molecule has 0 radical (unpaired) electrons. The lowest BCUT2D eigenvalue weighted by Gasteiger charge is -2.16. The van der Waals surface area contributed by atoms with Gasteiger partial charge in [0.2, 0.25) is 5.91 Å². The maximum absolute atomic E-state index is 12.7. The predicted octanol–water partition coefficient (Wildman–Crippen LogP) is 4.39. The van der Waals surface area contributed by atoms with Crippen molar-refractivity contribution in [1.29, 1.82) is 0 Å². The number of nitrogens with zero attached hydrogens (tertiary/aromatic N) is 1. The number of benzene rings is 1. The van der Waals surface area contributed by atoms with Gasteiger partial charge < -0.3 is 9.84 Å². The molecule has 1 aromatic carbocycles. The van der Waals surface area contributed by atoms with Gasteiger partial charge in [-0.25, -0.2) is 0 Å². The normalized spacial score (nSPS) is 15.5. The molecule has 1 atom stereocenters. The molecule has 1 fully saturated rings. The Morgan fingerprint density at radius 1 is 1.25 bits per heavy atom. The Hall–Kier alpha value is -2.10. The molecule has 2 aromatic rings. The summed E-state index contributed by atoms with van der Waals surface area (Å²) in [6.07, 6.45) is 4.36. The SMILES string of the molecule is CCC(CC)c1cc(CNC(=O)C(c2ccccc2)C2CC2)on1. The summed E-state index contributed by atoms with van der Waals surface area (Å²) >= 11 is 0. The molecule has 1 aromatic heterocycles. The van der Waals surface area contributed by atoms with Gasteiger partial charge in [-0.05, 0) is 37.2 Å². The molecule has 1 saturated carbocycles. The first-order valence-corrected chi connectivity index (χ1v) is 9.01. The molecular weight excluding hydrogens is 300 g/mol. The first kappa shape index (κ1) is 16.7. The lowest BCUT2D eigenvalue weighted by molar-refractivity contribution is -0.123. The van der Waals surface area contributed by atoms with Crippen LogP contribution in [0.4, 0.5) is 0 Å². The number of aromatic nitrogens is 1. The van der Waals surface area contributed by atoms with E-state index in [0.717, 1.165) is 42.7 Å². The quantitative estimate of drug-likeness (QED) is 0.783. The lowest BCUT2D eigenvalue weighted by Crippen LogP contribution is -2.30. The number of carbonyl (C=O) groups excluding carboxylic acids is 1. The molecule has 0 aliphatic heterocycles. The van der Waals surface area contributed by atoms with Crippen LogP contribution in [0.2, 0.25) is 0 Å². The monoisotopic (exact) mass is 326 g/mol. The van der Waals surface area contributed by atoms with Crippen LogP contribution in [0, 0.1) is 5.92 Å². The first-order valence-electron chi connectivity index (χ1n) is 9.01. The van der Waals surface area contributed by atoms with Gasteiger partial charge in [-0.15, -0.1) is 0 Å². The van der Waals surface area contributed by atoms with Gasteiger partial charge in [0.25, 0.3) is 0 Å². The van der Waals surface area contributed by atoms with E-state index in [4.69, 9.17) is 4.52 Å². The molecule has 0 spiro atoms. The fourth-order valence-electron chi connectivity index (χ4n) is 3.32. The first-order chi connectivity index (χ1) is 11.7. The summed E-state index contributed by atoms with van der Waals surface area (Å²) in [4.78, 5) is 12.7. The van der Waals surface area contributed by atoms with Crippen LogP contribution in [0.5, 0.6) is 0 Å². The maximum Gasteiger partial charge on any atom is 0.228 e. The summed E-state index contributed by atoms with van der Waals surface area (Å²) in [5.74, 6) is 1.67. The molecule has 1 aliphatic rings. The fraction of sp³-hybridized carbons (Fsp3) is 0.500. The summed E-state index contributed by atoms with van der Waals surface area (Å²) in [6, 6.07) is 12.0. The van der Waals surface area contributed by atoms with Crippen LogP contribution in [0.25, 0.3) is 0 Å². The molecule has 1 aliphatic carbocycles. The van der Waals surface area contributed by atoms with E-state index in [-0.39, 0.29) is 11.8 Å². The summed E-state index contributed by atoms with van der Waals surface area (Å²) in [5.41, 5.74) is 2.10. The highest BCUT2D eigenvalue weighted by atomic mass is 16.5. The molecule has 0 bridgehead atoms. The molecule has 3 rings (SSSR count). The molecular formula is C20H26N2O2. The highest BCUT2D eigenvalue weighted by Crippen LogP contribution is 2.42. The largest absolute Gasteiger partial charge is 0.359 e. The van der Waals surface area contributed by atoms with Crippen molar-refractivity contribution in [3.63, 3.8) is 0 Å². The van der Waals surface area contributed by atoms with Gasteiger partial charge in [0.05, 0.1) is 18.2 Å². The molecule has 1 N–H and O–H groups in total. The average molecular weight is 326 g/mol. The zero-order chi connectivity index (χ0) is 16.9. The molecule has 4 heteroatoms.